The summed E-state index contributed by atoms with van der Waals surface area (Å²) in [7, 11) is 0. The van der Waals surface area contributed by atoms with Crippen LogP contribution in [0.25, 0.3) is 43.1 Å². The van der Waals surface area contributed by atoms with E-state index in [2.05, 4.69) is 4.42 Å². The predicted octanol–water partition coefficient (Wildman–Crippen LogP) is -0.0400. The Hall–Kier alpha value is -3.94. The van der Waals surface area contributed by atoms with Gasteiger partial charge in [-0.05, 0) is 12.1 Å². The molecule has 8 nitrogen and oxygen atoms in total. The van der Waals surface area contributed by atoms with Crippen LogP contribution in [0.4, 0.5) is 0 Å². The Bertz CT molecular complexity index is 1740. The molecule has 0 saturated heterocycles. The molecule has 2 aromatic heterocycles. The lowest BCUT2D eigenvalue weighted by atomic mass is 9.96. The zero-order valence-corrected chi connectivity index (χ0v) is 12.6. The van der Waals surface area contributed by atoms with Crippen molar-refractivity contribution >= 4 is 43.1 Å². The van der Waals surface area contributed by atoms with Gasteiger partial charge in [0.1, 0.15) is 0 Å². The molecule has 2 heterocycles. The topological polar surface area (TPSA) is 129 Å². The molecule has 0 aliphatic rings. The van der Waals surface area contributed by atoms with Crippen molar-refractivity contribution in [3.8, 4) is 0 Å². The van der Waals surface area contributed by atoms with Gasteiger partial charge in [-0.1, -0.05) is 12.1 Å². The second kappa shape index (κ2) is 4.37. The smallest absolute Gasteiger partial charge is 0.347 e. The van der Waals surface area contributed by atoms with Crippen LogP contribution in [0.5, 0.6) is 0 Å². The average Bonchev–Trinajstić information content (AvgIpc) is 2.90. The molecule has 5 rings (SSSR count). The molecule has 124 valence electrons. The molecule has 2 bridgehead atoms. The van der Waals surface area contributed by atoms with Gasteiger partial charge in [-0.15, -0.1) is 0 Å². The highest BCUT2D eigenvalue weighted by Crippen LogP contribution is 2.23. The number of rotatable bonds is 0. The zero-order valence-electron chi connectivity index (χ0n) is 12.6. The van der Waals surface area contributed by atoms with E-state index in [1.807, 2.05) is 0 Å². The predicted molar refractivity (Wildman–Crippen MR) is 92.2 cm³/mol. The van der Waals surface area contributed by atoms with Gasteiger partial charge in [0.15, 0.2) is 10.9 Å². The van der Waals surface area contributed by atoms with Crippen LogP contribution in [0, 0.1) is 0 Å². The number of hydrogen-bond donors (Lipinski definition) is 0. The lowest BCUT2D eigenvalue weighted by Crippen LogP contribution is -2.21. The number of furan rings is 1. The molecule has 0 unspecified atom stereocenters. The summed E-state index contributed by atoms with van der Waals surface area (Å²) < 4.78 is 9.24. The summed E-state index contributed by atoms with van der Waals surface area (Å²) in [5, 5.41) is -2.43. The van der Waals surface area contributed by atoms with Gasteiger partial charge in [0.05, 0.1) is 21.5 Å². The monoisotopic (exact) mass is 348 g/mol. The Labute approximate surface area is 139 Å². The Morgan fingerprint density at radius 1 is 0.500 bits per heavy atom. The fraction of sp³-hybridized carbons (Fsp3) is 0. The van der Waals surface area contributed by atoms with Crippen LogP contribution in [0.1, 0.15) is 0 Å². The van der Waals surface area contributed by atoms with Gasteiger partial charge in [-0.3, -0.25) is 9.59 Å². The van der Waals surface area contributed by atoms with Crippen molar-refractivity contribution in [1.29, 1.82) is 0 Å². The number of fused-ring (bicyclic) bond motifs is 2. The van der Waals surface area contributed by atoms with E-state index in [1.54, 1.807) is 0 Å². The van der Waals surface area contributed by atoms with E-state index < -0.39 is 44.1 Å². The summed E-state index contributed by atoms with van der Waals surface area (Å²) in [6, 6.07) is 5.06. The van der Waals surface area contributed by atoms with Crippen LogP contribution in [0.3, 0.4) is 0 Å². The fourth-order valence-electron chi connectivity index (χ4n) is 3.48. The third-order valence-corrected chi connectivity index (χ3v) is 4.55. The number of benzene rings is 3. The van der Waals surface area contributed by atoms with Gasteiger partial charge in [0.2, 0.25) is 0 Å². The van der Waals surface area contributed by atoms with E-state index in [-0.39, 0.29) is 32.3 Å². The first-order valence-corrected chi connectivity index (χ1v) is 7.36. The standard InChI is InChI=1S/C18H4O8/c19-13-5-2-1-3-6-9(5)14(20)10-7(13)4-8-11(17(23)26-16(8)22)12(10)18(24)25-15(6)21/h1-4H. The molecule has 0 amide bonds. The Morgan fingerprint density at radius 3 is 1.85 bits per heavy atom. The minimum absolute atomic E-state index is 0.0464. The van der Waals surface area contributed by atoms with Crippen LogP contribution < -0.4 is 33.4 Å². The van der Waals surface area contributed by atoms with Crippen molar-refractivity contribution in [2.45, 2.75) is 0 Å². The summed E-state index contributed by atoms with van der Waals surface area (Å²) in [5.41, 5.74) is -6.03. The fourth-order valence-corrected chi connectivity index (χ4v) is 3.48. The first-order chi connectivity index (χ1) is 12.4. The summed E-state index contributed by atoms with van der Waals surface area (Å²) >= 11 is 0. The highest BCUT2D eigenvalue weighted by Gasteiger charge is 2.23. The third-order valence-electron chi connectivity index (χ3n) is 4.55. The van der Waals surface area contributed by atoms with E-state index in [9.17, 15) is 28.8 Å². The van der Waals surface area contributed by atoms with E-state index in [4.69, 9.17) is 4.42 Å². The highest BCUT2D eigenvalue weighted by atomic mass is 16.4. The maximum Gasteiger partial charge on any atom is 0.347 e. The van der Waals surface area contributed by atoms with Crippen molar-refractivity contribution in [2.24, 2.45) is 0 Å². The molecule has 3 aromatic carbocycles. The van der Waals surface area contributed by atoms with Gasteiger partial charge in [-0.25, -0.2) is 19.2 Å². The van der Waals surface area contributed by atoms with Crippen molar-refractivity contribution in [3.05, 3.63) is 86.4 Å². The van der Waals surface area contributed by atoms with E-state index in [1.165, 1.54) is 18.2 Å². The van der Waals surface area contributed by atoms with E-state index in [0.717, 1.165) is 6.07 Å². The average molecular weight is 348 g/mol. The molecule has 0 aliphatic carbocycles. The Kier molecular flexibility index (Phi) is 2.42. The van der Waals surface area contributed by atoms with Crippen molar-refractivity contribution in [3.63, 3.8) is 0 Å². The molecular formula is C18H4O8. The summed E-state index contributed by atoms with van der Waals surface area (Å²) in [6.07, 6.45) is 0. The summed E-state index contributed by atoms with van der Waals surface area (Å²) in [4.78, 5) is 74.5. The van der Waals surface area contributed by atoms with E-state index in [0.29, 0.717) is 0 Å². The van der Waals surface area contributed by atoms with Crippen molar-refractivity contribution < 1.29 is 8.83 Å². The minimum Gasteiger partial charge on any atom is -0.386 e. The van der Waals surface area contributed by atoms with Gasteiger partial charge in [0.25, 0.3) is 0 Å². The van der Waals surface area contributed by atoms with Crippen LogP contribution in [-0.2, 0) is 0 Å². The molecule has 0 atom stereocenters. The summed E-state index contributed by atoms with van der Waals surface area (Å²) in [6.45, 7) is 0. The normalized spacial score (nSPS) is 12.0. The van der Waals surface area contributed by atoms with Gasteiger partial charge >= 0.3 is 22.5 Å². The SMILES string of the molecule is O=c1oc(=O)c2c3c(=O)oc(=O)c3cc3c(=O)c4cccc1c4c(=O)c32. The van der Waals surface area contributed by atoms with Crippen LogP contribution >= 0.6 is 0 Å². The molecule has 0 aliphatic heterocycles. The second-order valence-electron chi connectivity index (χ2n) is 5.84. The van der Waals surface area contributed by atoms with Gasteiger partial charge in [0, 0.05) is 21.5 Å². The molecule has 0 saturated carbocycles. The van der Waals surface area contributed by atoms with Crippen LogP contribution in [0.15, 0.2) is 61.9 Å². The second-order valence-corrected chi connectivity index (χ2v) is 5.84. The first kappa shape index (κ1) is 14.4. The lowest BCUT2D eigenvalue weighted by Gasteiger charge is -2.04. The number of hydrogen-bond acceptors (Lipinski definition) is 8. The quantitative estimate of drug-likeness (QED) is 0.357. The van der Waals surface area contributed by atoms with Crippen LogP contribution in [-0.4, -0.2) is 0 Å². The molecule has 0 fully saturated rings. The molecule has 0 spiro atoms. The third kappa shape index (κ3) is 1.48. The van der Waals surface area contributed by atoms with Crippen LogP contribution in [0.2, 0.25) is 0 Å². The molecular weight excluding hydrogens is 344 g/mol. The molecule has 5 aromatic rings. The molecule has 0 radical (unpaired) electrons. The van der Waals surface area contributed by atoms with Crippen molar-refractivity contribution in [1.82, 2.24) is 0 Å². The largest absolute Gasteiger partial charge is 0.386 e. The molecule has 0 N–H and O–H groups in total. The maximum absolute atomic E-state index is 13.0. The Morgan fingerprint density at radius 2 is 1.12 bits per heavy atom. The van der Waals surface area contributed by atoms with Gasteiger partial charge in [-0.2, -0.15) is 0 Å². The Balaban J connectivity index is 2.47. The highest BCUT2D eigenvalue weighted by molar-refractivity contribution is 6.18. The van der Waals surface area contributed by atoms with E-state index >= 15 is 0 Å². The maximum atomic E-state index is 13.0. The molecule has 8 heteroatoms. The van der Waals surface area contributed by atoms with Gasteiger partial charge < -0.3 is 8.83 Å². The summed E-state index contributed by atoms with van der Waals surface area (Å²) in [5.74, 6) is 0. The molecule has 26 heavy (non-hydrogen) atoms. The van der Waals surface area contributed by atoms with Crippen molar-refractivity contribution in [2.75, 3.05) is 0 Å². The zero-order chi connectivity index (χ0) is 18.3. The first-order valence-electron chi connectivity index (χ1n) is 7.36. The minimum atomic E-state index is -1.30. The lowest BCUT2D eigenvalue weighted by molar-refractivity contribution is 0.490.